The zero-order valence-corrected chi connectivity index (χ0v) is 12.0. The van der Waals surface area contributed by atoms with Gasteiger partial charge in [0.05, 0.1) is 0 Å². The Morgan fingerprint density at radius 1 is 1.25 bits per heavy atom. The summed E-state index contributed by atoms with van der Waals surface area (Å²) in [6.07, 6.45) is 5.11. The summed E-state index contributed by atoms with van der Waals surface area (Å²) < 4.78 is 5.94. The fraction of sp³-hybridized carbons (Fsp3) is 0.929. The number of aliphatic hydroxyl groups is 1. The van der Waals surface area contributed by atoms with E-state index in [0.717, 1.165) is 32.7 Å². The molecular weight excluding hydrogens is 258 g/mol. The van der Waals surface area contributed by atoms with E-state index in [0.29, 0.717) is 25.3 Å². The minimum absolute atomic E-state index is 0.0143. The van der Waals surface area contributed by atoms with Gasteiger partial charge >= 0.3 is 0 Å². The molecular formula is C14H25N3O3. The first-order chi connectivity index (χ1) is 9.76. The van der Waals surface area contributed by atoms with E-state index < -0.39 is 5.60 Å². The minimum Gasteiger partial charge on any atom is -0.468 e. The van der Waals surface area contributed by atoms with Crippen LogP contribution in [0.3, 0.4) is 0 Å². The first-order valence-electron chi connectivity index (χ1n) is 7.79. The van der Waals surface area contributed by atoms with Gasteiger partial charge < -0.3 is 20.0 Å². The molecule has 0 spiro atoms. The van der Waals surface area contributed by atoms with Crippen LogP contribution >= 0.6 is 0 Å². The third-order valence-electron chi connectivity index (χ3n) is 4.43. The molecule has 1 atom stereocenters. The Hall–Kier alpha value is -0.850. The average Bonchev–Trinajstić information content (AvgIpc) is 2.49. The van der Waals surface area contributed by atoms with Crippen molar-refractivity contribution in [1.82, 2.24) is 10.2 Å². The lowest BCUT2D eigenvalue weighted by atomic mass is 9.92. The van der Waals surface area contributed by atoms with Crippen molar-refractivity contribution in [3.63, 3.8) is 0 Å². The van der Waals surface area contributed by atoms with Crippen LogP contribution in [0.25, 0.3) is 0 Å². The highest BCUT2D eigenvalue weighted by Gasteiger charge is 2.40. The van der Waals surface area contributed by atoms with Crippen LogP contribution in [0.5, 0.6) is 0 Å². The molecule has 3 aliphatic heterocycles. The molecule has 3 rings (SSSR count). The number of piperidine rings is 2. The maximum absolute atomic E-state index is 10.6. The fourth-order valence-corrected chi connectivity index (χ4v) is 3.16. The molecule has 20 heavy (non-hydrogen) atoms. The van der Waals surface area contributed by atoms with E-state index in [1.807, 2.05) is 0 Å². The number of likely N-dealkylation sites (tertiary alicyclic amines) is 1. The Bertz CT molecular complexity index is 350. The summed E-state index contributed by atoms with van der Waals surface area (Å²) in [4.78, 5) is 7.73. The summed E-state index contributed by atoms with van der Waals surface area (Å²) >= 11 is 0. The maximum Gasteiger partial charge on any atom is 0.258 e. The smallest absolute Gasteiger partial charge is 0.258 e. The summed E-state index contributed by atoms with van der Waals surface area (Å²) in [5, 5.41) is 17.8. The summed E-state index contributed by atoms with van der Waals surface area (Å²) in [6.45, 7) is 5.20. The van der Waals surface area contributed by atoms with Gasteiger partial charge in [0.2, 0.25) is 0 Å². The lowest BCUT2D eigenvalue weighted by Gasteiger charge is -2.37. The highest BCUT2D eigenvalue weighted by molar-refractivity contribution is 5.85. The zero-order chi connectivity index (χ0) is 13.8. The quantitative estimate of drug-likeness (QED) is 0.780. The molecule has 3 aliphatic rings. The van der Waals surface area contributed by atoms with E-state index >= 15 is 0 Å². The summed E-state index contributed by atoms with van der Waals surface area (Å²) in [6, 6.07) is 0. The first kappa shape index (κ1) is 14.1. The van der Waals surface area contributed by atoms with E-state index in [1.165, 1.54) is 19.3 Å². The van der Waals surface area contributed by atoms with Crippen LogP contribution in [-0.2, 0) is 9.57 Å². The average molecular weight is 283 g/mol. The number of hydrogen-bond acceptors (Lipinski definition) is 6. The van der Waals surface area contributed by atoms with Crippen molar-refractivity contribution in [1.29, 1.82) is 0 Å². The third-order valence-corrected chi connectivity index (χ3v) is 4.43. The molecule has 2 saturated heterocycles. The van der Waals surface area contributed by atoms with Crippen LogP contribution in [0.4, 0.5) is 0 Å². The van der Waals surface area contributed by atoms with Gasteiger partial charge in [-0.25, -0.2) is 0 Å². The molecule has 0 amide bonds. The summed E-state index contributed by atoms with van der Waals surface area (Å²) in [5.74, 6) is 0.382. The van der Waals surface area contributed by atoms with E-state index in [1.54, 1.807) is 0 Å². The Kier molecular flexibility index (Phi) is 4.43. The Morgan fingerprint density at radius 3 is 2.75 bits per heavy atom. The van der Waals surface area contributed by atoms with E-state index in [4.69, 9.17) is 9.57 Å². The summed E-state index contributed by atoms with van der Waals surface area (Å²) in [7, 11) is 0. The third kappa shape index (κ3) is 3.24. The molecule has 2 fully saturated rings. The number of nitrogens with zero attached hydrogens (tertiary/aromatic N) is 2. The van der Waals surface area contributed by atoms with E-state index in [2.05, 4.69) is 15.4 Å². The van der Waals surface area contributed by atoms with Crippen molar-refractivity contribution < 1.29 is 14.7 Å². The van der Waals surface area contributed by atoms with Gasteiger partial charge in [-0.3, -0.25) is 4.90 Å². The predicted molar refractivity (Wildman–Crippen MR) is 75.6 cm³/mol. The van der Waals surface area contributed by atoms with Gasteiger partial charge in [-0.1, -0.05) is 6.42 Å². The van der Waals surface area contributed by atoms with Crippen molar-refractivity contribution in [2.75, 3.05) is 39.3 Å². The molecule has 0 aromatic carbocycles. The topological polar surface area (TPSA) is 66.3 Å². The van der Waals surface area contributed by atoms with Crippen LogP contribution in [0.1, 0.15) is 32.1 Å². The molecule has 6 heteroatoms. The SMILES string of the molecule is OC1(C2=NOCC(CN3CCCCC3)O2)CCNCC1. The van der Waals surface area contributed by atoms with Gasteiger partial charge in [0.15, 0.2) is 6.61 Å². The fourth-order valence-electron chi connectivity index (χ4n) is 3.16. The minimum atomic E-state index is -0.953. The molecule has 0 aromatic heterocycles. The standard InChI is InChI=1S/C14H25N3O3/c18-14(4-6-15-7-5-14)13-16-19-11-12(20-13)10-17-8-2-1-3-9-17/h12,15,18H,1-11H2. The second-order valence-corrected chi connectivity index (χ2v) is 6.07. The van der Waals surface area contributed by atoms with Crippen LogP contribution in [0.15, 0.2) is 5.16 Å². The molecule has 1 unspecified atom stereocenters. The Balaban J connectivity index is 1.56. The largest absolute Gasteiger partial charge is 0.468 e. The molecule has 0 saturated carbocycles. The number of ether oxygens (including phenoxy) is 1. The lowest BCUT2D eigenvalue weighted by Crippen LogP contribution is -2.52. The molecule has 0 aliphatic carbocycles. The van der Waals surface area contributed by atoms with E-state index in [9.17, 15) is 5.11 Å². The molecule has 0 bridgehead atoms. The number of hydrogen-bond donors (Lipinski definition) is 2. The Morgan fingerprint density at radius 2 is 2.00 bits per heavy atom. The lowest BCUT2D eigenvalue weighted by molar-refractivity contribution is -0.0437. The number of oxime groups is 1. The van der Waals surface area contributed by atoms with Gasteiger partial charge in [-0.2, -0.15) is 0 Å². The van der Waals surface area contributed by atoms with Gasteiger partial charge in [-0.15, -0.1) is 0 Å². The molecule has 0 aromatic rings. The predicted octanol–water partition coefficient (Wildman–Crippen LogP) is 0.316. The zero-order valence-electron chi connectivity index (χ0n) is 12.0. The van der Waals surface area contributed by atoms with Gasteiger partial charge in [-0.05, 0) is 57.0 Å². The molecule has 114 valence electrons. The van der Waals surface area contributed by atoms with Crippen molar-refractivity contribution in [3.05, 3.63) is 0 Å². The molecule has 0 radical (unpaired) electrons. The monoisotopic (exact) mass is 283 g/mol. The second kappa shape index (κ2) is 6.28. The van der Waals surface area contributed by atoms with Gasteiger partial charge in [0, 0.05) is 6.54 Å². The van der Waals surface area contributed by atoms with Gasteiger partial charge in [0.1, 0.15) is 11.7 Å². The van der Waals surface area contributed by atoms with Gasteiger partial charge in [0.25, 0.3) is 5.90 Å². The number of rotatable bonds is 3. The van der Waals surface area contributed by atoms with Crippen LogP contribution in [-0.4, -0.2) is 66.9 Å². The van der Waals surface area contributed by atoms with Crippen LogP contribution in [0.2, 0.25) is 0 Å². The maximum atomic E-state index is 10.6. The Labute approximate surface area is 120 Å². The van der Waals surface area contributed by atoms with Crippen LogP contribution in [0, 0.1) is 0 Å². The van der Waals surface area contributed by atoms with Crippen molar-refractivity contribution >= 4 is 5.90 Å². The normalized spacial score (nSPS) is 31.1. The number of nitrogens with one attached hydrogen (secondary N) is 1. The first-order valence-corrected chi connectivity index (χ1v) is 7.79. The molecule has 6 nitrogen and oxygen atoms in total. The highest BCUT2D eigenvalue weighted by atomic mass is 16.7. The van der Waals surface area contributed by atoms with Crippen molar-refractivity contribution in [2.45, 2.75) is 43.8 Å². The van der Waals surface area contributed by atoms with E-state index in [-0.39, 0.29) is 6.10 Å². The molecule has 3 heterocycles. The summed E-state index contributed by atoms with van der Waals surface area (Å²) in [5.41, 5.74) is -0.953. The second-order valence-electron chi connectivity index (χ2n) is 6.07. The van der Waals surface area contributed by atoms with Crippen molar-refractivity contribution in [3.8, 4) is 0 Å². The van der Waals surface area contributed by atoms with Crippen molar-refractivity contribution in [2.24, 2.45) is 5.16 Å². The highest BCUT2D eigenvalue weighted by Crippen LogP contribution is 2.24. The van der Waals surface area contributed by atoms with Crippen LogP contribution < -0.4 is 5.32 Å². The molecule has 2 N–H and O–H groups in total.